The molecule has 0 fully saturated rings. The minimum absolute atomic E-state index is 0.148. The first kappa shape index (κ1) is 14.0. The number of amides is 2. The fraction of sp³-hybridized carbons (Fsp3) is 0.357. The van der Waals surface area contributed by atoms with Crippen molar-refractivity contribution in [1.29, 1.82) is 0 Å². The standard InChI is InChI=1S/C14H15NO5/c1-3-19-13(17)11-9-7-5-6-8-10(9)15(12(11)16)14(18)20-4-2/h5-8,11H,3-4H2,1-2H3. The Hall–Kier alpha value is -2.37. The molecule has 1 aliphatic heterocycles. The van der Waals surface area contributed by atoms with E-state index in [2.05, 4.69) is 0 Å². The average Bonchev–Trinajstić information content (AvgIpc) is 2.71. The molecular weight excluding hydrogens is 262 g/mol. The van der Waals surface area contributed by atoms with Crippen molar-refractivity contribution in [2.24, 2.45) is 0 Å². The first-order valence-corrected chi connectivity index (χ1v) is 6.38. The summed E-state index contributed by atoms with van der Waals surface area (Å²) in [6, 6.07) is 6.62. The topological polar surface area (TPSA) is 72.9 Å². The zero-order chi connectivity index (χ0) is 14.7. The van der Waals surface area contributed by atoms with E-state index in [1.54, 1.807) is 38.1 Å². The highest BCUT2D eigenvalue weighted by Gasteiger charge is 2.46. The van der Waals surface area contributed by atoms with E-state index in [-0.39, 0.29) is 13.2 Å². The zero-order valence-electron chi connectivity index (χ0n) is 11.3. The number of carbonyl (C=O) groups excluding carboxylic acids is 3. The van der Waals surface area contributed by atoms with Crippen molar-refractivity contribution in [3.8, 4) is 0 Å². The van der Waals surface area contributed by atoms with Crippen LogP contribution in [0, 0.1) is 0 Å². The van der Waals surface area contributed by atoms with Gasteiger partial charge in [0, 0.05) is 5.56 Å². The summed E-state index contributed by atoms with van der Waals surface area (Å²) in [5.74, 6) is -2.39. The van der Waals surface area contributed by atoms with E-state index in [0.29, 0.717) is 11.3 Å². The molecule has 1 aromatic rings. The van der Waals surface area contributed by atoms with E-state index >= 15 is 0 Å². The summed E-state index contributed by atoms with van der Waals surface area (Å²) >= 11 is 0. The van der Waals surface area contributed by atoms with Crippen molar-refractivity contribution in [2.75, 3.05) is 18.1 Å². The molecule has 0 aliphatic carbocycles. The van der Waals surface area contributed by atoms with Gasteiger partial charge >= 0.3 is 12.1 Å². The molecule has 1 aromatic carbocycles. The van der Waals surface area contributed by atoms with E-state index in [1.807, 2.05) is 0 Å². The molecule has 0 saturated heterocycles. The summed E-state index contributed by atoms with van der Waals surface area (Å²) in [5.41, 5.74) is 0.831. The molecule has 6 heteroatoms. The third-order valence-corrected chi connectivity index (χ3v) is 2.93. The Kier molecular flexibility index (Phi) is 4.02. The molecule has 1 heterocycles. The zero-order valence-corrected chi connectivity index (χ0v) is 11.3. The van der Waals surface area contributed by atoms with Crippen LogP contribution in [-0.2, 0) is 19.1 Å². The Balaban J connectivity index is 2.41. The fourth-order valence-corrected chi connectivity index (χ4v) is 2.15. The molecule has 106 valence electrons. The van der Waals surface area contributed by atoms with Gasteiger partial charge in [0.15, 0.2) is 5.92 Å². The quantitative estimate of drug-likeness (QED) is 0.622. The summed E-state index contributed by atoms with van der Waals surface area (Å²) in [7, 11) is 0. The third-order valence-electron chi connectivity index (χ3n) is 2.93. The maximum Gasteiger partial charge on any atom is 0.421 e. The van der Waals surface area contributed by atoms with E-state index < -0.39 is 23.9 Å². The lowest BCUT2D eigenvalue weighted by molar-refractivity contribution is -0.147. The number of hydrogen-bond acceptors (Lipinski definition) is 5. The van der Waals surface area contributed by atoms with Crippen LogP contribution in [0.4, 0.5) is 10.5 Å². The van der Waals surface area contributed by atoms with Crippen LogP contribution >= 0.6 is 0 Å². The van der Waals surface area contributed by atoms with Gasteiger partial charge in [-0.15, -0.1) is 0 Å². The van der Waals surface area contributed by atoms with Gasteiger partial charge in [-0.05, 0) is 19.9 Å². The lowest BCUT2D eigenvalue weighted by Crippen LogP contribution is -2.37. The molecule has 1 unspecified atom stereocenters. The number of benzene rings is 1. The molecule has 0 bridgehead atoms. The first-order valence-electron chi connectivity index (χ1n) is 6.38. The predicted molar refractivity (Wildman–Crippen MR) is 70.3 cm³/mol. The van der Waals surface area contributed by atoms with Crippen LogP contribution in [0.3, 0.4) is 0 Å². The summed E-state index contributed by atoms with van der Waals surface area (Å²) in [6.07, 6.45) is -0.781. The van der Waals surface area contributed by atoms with E-state index in [1.165, 1.54) is 0 Å². The average molecular weight is 277 g/mol. The Morgan fingerprint density at radius 2 is 1.80 bits per heavy atom. The number of rotatable bonds is 3. The van der Waals surface area contributed by atoms with E-state index in [9.17, 15) is 14.4 Å². The predicted octanol–water partition coefficient (Wildman–Crippen LogP) is 1.84. The van der Waals surface area contributed by atoms with Gasteiger partial charge in [0.25, 0.3) is 5.91 Å². The molecule has 20 heavy (non-hydrogen) atoms. The molecule has 1 atom stereocenters. The highest BCUT2D eigenvalue weighted by atomic mass is 16.6. The van der Waals surface area contributed by atoms with Gasteiger partial charge in [-0.1, -0.05) is 18.2 Å². The Morgan fingerprint density at radius 1 is 1.15 bits per heavy atom. The fourth-order valence-electron chi connectivity index (χ4n) is 2.15. The molecule has 2 amide bonds. The van der Waals surface area contributed by atoms with Crippen LogP contribution in [-0.4, -0.2) is 31.2 Å². The van der Waals surface area contributed by atoms with Gasteiger partial charge < -0.3 is 9.47 Å². The van der Waals surface area contributed by atoms with E-state index in [4.69, 9.17) is 9.47 Å². The number of para-hydroxylation sites is 1. The number of anilines is 1. The number of esters is 1. The summed E-state index contributed by atoms with van der Waals surface area (Å²) < 4.78 is 9.76. The summed E-state index contributed by atoms with van der Waals surface area (Å²) in [4.78, 5) is 37.0. The highest BCUT2D eigenvalue weighted by molar-refractivity contribution is 6.25. The summed E-state index contributed by atoms with van der Waals surface area (Å²) in [5, 5.41) is 0. The van der Waals surface area contributed by atoms with Crippen molar-refractivity contribution < 1.29 is 23.9 Å². The number of ether oxygens (including phenoxy) is 2. The van der Waals surface area contributed by atoms with Crippen LogP contribution in [0.25, 0.3) is 0 Å². The number of imide groups is 1. The number of nitrogens with zero attached hydrogens (tertiary/aromatic N) is 1. The van der Waals surface area contributed by atoms with Gasteiger partial charge in [-0.3, -0.25) is 9.59 Å². The molecule has 0 spiro atoms. The minimum atomic E-state index is -1.10. The monoisotopic (exact) mass is 277 g/mol. The van der Waals surface area contributed by atoms with Crippen molar-refractivity contribution in [3.05, 3.63) is 29.8 Å². The molecule has 0 N–H and O–H groups in total. The van der Waals surface area contributed by atoms with E-state index in [0.717, 1.165) is 4.90 Å². The van der Waals surface area contributed by atoms with Gasteiger partial charge in [0.1, 0.15) is 0 Å². The molecule has 6 nitrogen and oxygen atoms in total. The number of carbonyl (C=O) groups is 3. The molecule has 0 aromatic heterocycles. The normalized spacial score (nSPS) is 16.8. The Bertz CT molecular complexity index is 507. The third kappa shape index (κ3) is 2.24. The summed E-state index contributed by atoms with van der Waals surface area (Å²) in [6.45, 7) is 3.62. The van der Waals surface area contributed by atoms with Crippen LogP contribution in [0.5, 0.6) is 0 Å². The smallest absolute Gasteiger partial charge is 0.421 e. The second-order valence-corrected chi connectivity index (χ2v) is 4.12. The SMILES string of the molecule is CCOC(=O)C1C(=O)N(C(=O)OCC)c2ccccc21. The molecule has 2 rings (SSSR count). The van der Waals surface area contributed by atoms with Gasteiger partial charge in [0.2, 0.25) is 0 Å². The minimum Gasteiger partial charge on any atom is -0.465 e. The van der Waals surface area contributed by atoms with Crippen molar-refractivity contribution in [1.82, 2.24) is 0 Å². The second-order valence-electron chi connectivity index (χ2n) is 4.12. The van der Waals surface area contributed by atoms with Crippen LogP contribution in [0.15, 0.2) is 24.3 Å². The second kappa shape index (κ2) is 5.73. The van der Waals surface area contributed by atoms with Crippen LogP contribution in [0.1, 0.15) is 25.3 Å². The highest BCUT2D eigenvalue weighted by Crippen LogP contribution is 2.38. The largest absolute Gasteiger partial charge is 0.465 e. The lowest BCUT2D eigenvalue weighted by atomic mass is 10.0. The van der Waals surface area contributed by atoms with Crippen LogP contribution in [0.2, 0.25) is 0 Å². The molecule has 0 radical (unpaired) electrons. The Labute approximate surface area is 116 Å². The number of hydrogen-bond donors (Lipinski definition) is 0. The van der Waals surface area contributed by atoms with Crippen LogP contribution < -0.4 is 4.90 Å². The molecule has 0 saturated carbocycles. The first-order chi connectivity index (χ1) is 9.61. The van der Waals surface area contributed by atoms with Gasteiger partial charge in [-0.2, -0.15) is 0 Å². The lowest BCUT2D eigenvalue weighted by Gasteiger charge is -2.14. The maximum atomic E-state index is 12.3. The van der Waals surface area contributed by atoms with Gasteiger partial charge in [0.05, 0.1) is 18.9 Å². The van der Waals surface area contributed by atoms with Crippen molar-refractivity contribution in [3.63, 3.8) is 0 Å². The maximum absolute atomic E-state index is 12.3. The molecular formula is C14H15NO5. The Morgan fingerprint density at radius 3 is 2.45 bits per heavy atom. The number of fused-ring (bicyclic) bond motifs is 1. The van der Waals surface area contributed by atoms with Gasteiger partial charge in [-0.25, -0.2) is 9.69 Å². The van der Waals surface area contributed by atoms with Crippen molar-refractivity contribution in [2.45, 2.75) is 19.8 Å². The van der Waals surface area contributed by atoms with Crippen molar-refractivity contribution >= 4 is 23.7 Å². The molecule has 1 aliphatic rings.